The van der Waals surface area contributed by atoms with E-state index in [1.807, 2.05) is 30.3 Å². The van der Waals surface area contributed by atoms with Gasteiger partial charge in [0.1, 0.15) is 33.7 Å². The highest BCUT2D eigenvalue weighted by molar-refractivity contribution is 9.10. The normalized spacial score (nSPS) is 16.1. The topological polar surface area (TPSA) is 119 Å². The Balaban J connectivity index is 1.74. The van der Waals surface area contributed by atoms with Crippen LogP contribution in [0.3, 0.4) is 0 Å². The third-order valence-corrected chi connectivity index (χ3v) is 5.80. The number of nitrogens with two attached hydrogens (primary N) is 1. The van der Waals surface area contributed by atoms with Gasteiger partial charge in [0.25, 0.3) is 5.91 Å². The minimum absolute atomic E-state index is 0.168. The standard InChI is InChI=1S/C22H19BrFN7O2/c1-11-8-27-21(32)16-17(23)30-31-18(25)15(12-5-3-2-4-6-12)19(29-20(16)31)26-9-13-7-14(24)10-28-22(13)33-11/h2-7,10-11H,8-9,25H2,1H3,(H,26,29)(H,27,32)/t11-/m0/s1. The Bertz CT molecular complexity index is 1380. The number of hydrogen-bond acceptors (Lipinski definition) is 7. The number of hydrogen-bond donors (Lipinski definition) is 3. The zero-order valence-corrected chi connectivity index (χ0v) is 19.1. The summed E-state index contributed by atoms with van der Waals surface area (Å²) in [6.07, 6.45) is 0.673. The number of amides is 1. The van der Waals surface area contributed by atoms with Gasteiger partial charge in [-0.15, -0.1) is 0 Å². The average Bonchev–Trinajstić information content (AvgIpc) is 3.14. The molecule has 168 valence electrons. The predicted molar refractivity (Wildman–Crippen MR) is 124 cm³/mol. The highest BCUT2D eigenvalue weighted by atomic mass is 79.9. The first-order valence-electron chi connectivity index (χ1n) is 10.2. The quantitative estimate of drug-likeness (QED) is 0.358. The molecule has 0 radical (unpaired) electrons. The monoisotopic (exact) mass is 511 g/mol. The van der Waals surface area contributed by atoms with Crippen molar-refractivity contribution < 1.29 is 13.9 Å². The molecule has 5 rings (SSSR count). The number of nitrogens with zero attached hydrogens (tertiary/aromatic N) is 4. The van der Waals surface area contributed by atoms with Crippen LogP contribution in [0, 0.1) is 5.82 Å². The van der Waals surface area contributed by atoms with Gasteiger partial charge in [0.2, 0.25) is 5.88 Å². The van der Waals surface area contributed by atoms with E-state index >= 15 is 0 Å². The number of halogens is 2. The summed E-state index contributed by atoms with van der Waals surface area (Å²) in [5, 5.41) is 10.5. The molecule has 1 aliphatic heterocycles. The number of fused-ring (bicyclic) bond motifs is 2. The molecule has 0 aliphatic carbocycles. The van der Waals surface area contributed by atoms with Crippen molar-refractivity contribution in [3.63, 3.8) is 0 Å². The van der Waals surface area contributed by atoms with E-state index in [0.29, 0.717) is 27.4 Å². The molecular formula is C22H19BrFN7O2. The lowest BCUT2D eigenvalue weighted by Crippen LogP contribution is -2.34. The largest absolute Gasteiger partial charge is 0.473 e. The molecule has 1 aromatic carbocycles. The van der Waals surface area contributed by atoms with Gasteiger partial charge in [-0.25, -0.2) is 14.4 Å². The summed E-state index contributed by atoms with van der Waals surface area (Å²) < 4.78 is 21.6. The van der Waals surface area contributed by atoms with E-state index in [0.717, 1.165) is 11.8 Å². The van der Waals surface area contributed by atoms with Crippen LogP contribution in [0.25, 0.3) is 16.8 Å². The van der Waals surface area contributed by atoms with Crippen LogP contribution in [-0.2, 0) is 6.54 Å². The highest BCUT2D eigenvalue weighted by Gasteiger charge is 2.26. The number of rotatable bonds is 1. The van der Waals surface area contributed by atoms with Gasteiger partial charge in [0, 0.05) is 12.1 Å². The fourth-order valence-electron chi connectivity index (χ4n) is 3.69. The van der Waals surface area contributed by atoms with Crippen LogP contribution in [0.5, 0.6) is 5.88 Å². The van der Waals surface area contributed by atoms with E-state index in [1.54, 1.807) is 6.92 Å². The molecule has 1 amide bonds. The summed E-state index contributed by atoms with van der Waals surface area (Å²) in [6, 6.07) is 10.8. The fourth-order valence-corrected chi connectivity index (χ4v) is 4.21. The number of nitrogens with one attached hydrogen (secondary N) is 2. The number of pyridine rings is 1. The zero-order valence-electron chi connectivity index (χ0n) is 17.5. The van der Waals surface area contributed by atoms with Gasteiger partial charge in [-0.2, -0.15) is 9.61 Å². The smallest absolute Gasteiger partial charge is 0.258 e. The van der Waals surface area contributed by atoms with Crippen molar-refractivity contribution in [2.75, 3.05) is 17.6 Å². The lowest BCUT2D eigenvalue weighted by Gasteiger charge is -2.18. The van der Waals surface area contributed by atoms with Crippen LogP contribution in [0.4, 0.5) is 16.0 Å². The van der Waals surface area contributed by atoms with Crippen molar-refractivity contribution in [2.24, 2.45) is 0 Å². The maximum absolute atomic E-state index is 14.0. The summed E-state index contributed by atoms with van der Waals surface area (Å²) in [5.41, 5.74) is 8.97. The van der Waals surface area contributed by atoms with Crippen LogP contribution in [0.1, 0.15) is 22.8 Å². The Morgan fingerprint density at radius 2 is 2.03 bits per heavy atom. The first-order chi connectivity index (χ1) is 15.9. The molecule has 0 fully saturated rings. The molecule has 0 spiro atoms. The van der Waals surface area contributed by atoms with E-state index in [1.165, 1.54) is 10.6 Å². The van der Waals surface area contributed by atoms with Gasteiger partial charge in [-0.3, -0.25) is 4.79 Å². The molecule has 0 unspecified atom stereocenters. The molecule has 9 nitrogen and oxygen atoms in total. The first-order valence-corrected chi connectivity index (χ1v) is 11.0. The molecule has 4 aromatic rings. The SMILES string of the molecule is C[C@H]1CNC(=O)c2c(Br)nn3c(N)c(-c4ccccc4)c(nc23)NCc2cc(F)cnc2O1. The van der Waals surface area contributed by atoms with Crippen LogP contribution >= 0.6 is 15.9 Å². The second-order valence-corrected chi connectivity index (χ2v) is 8.35. The van der Waals surface area contributed by atoms with Gasteiger partial charge < -0.3 is 21.1 Å². The summed E-state index contributed by atoms with van der Waals surface area (Å²) in [7, 11) is 0. The number of aromatic nitrogens is 4. The fraction of sp³-hybridized carbons (Fsp3) is 0.182. The summed E-state index contributed by atoms with van der Waals surface area (Å²) in [6.45, 7) is 2.15. The maximum atomic E-state index is 14.0. The molecule has 0 saturated carbocycles. The second kappa shape index (κ2) is 8.32. The number of anilines is 2. The van der Waals surface area contributed by atoms with Gasteiger partial charge in [-0.05, 0) is 34.5 Å². The molecule has 1 aliphatic rings. The number of benzene rings is 1. The van der Waals surface area contributed by atoms with Gasteiger partial charge in [0.15, 0.2) is 5.65 Å². The first kappa shape index (κ1) is 21.1. The lowest BCUT2D eigenvalue weighted by atomic mass is 10.1. The van der Waals surface area contributed by atoms with E-state index in [-0.39, 0.29) is 36.1 Å². The molecule has 3 aromatic heterocycles. The third-order valence-electron chi connectivity index (χ3n) is 5.25. The van der Waals surface area contributed by atoms with Gasteiger partial charge in [-0.1, -0.05) is 30.3 Å². The van der Waals surface area contributed by atoms with E-state index in [4.69, 9.17) is 15.5 Å². The van der Waals surface area contributed by atoms with Crippen LogP contribution in [0.2, 0.25) is 0 Å². The molecule has 2 bridgehead atoms. The van der Waals surface area contributed by atoms with E-state index in [9.17, 15) is 9.18 Å². The molecule has 11 heteroatoms. The number of carbonyl (C=O) groups excluding carboxylic acids is 1. The molecule has 0 saturated heterocycles. The maximum Gasteiger partial charge on any atom is 0.258 e. The summed E-state index contributed by atoms with van der Waals surface area (Å²) >= 11 is 3.36. The Kier molecular flexibility index (Phi) is 5.33. The minimum atomic E-state index is -0.488. The molecule has 4 N–H and O–H groups in total. The summed E-state index contributed by atoms with van der Waals surface area (Å²) in [4.78, 5) is 21.8. The Morgan fingerprint density at radius 1 is 1.24 bits per heavy atom. The molecule has 33 heavy (non-hydrogen) atoms. The van der Waals surface area contributed by atoms with Crippen LogP contribution in [0.15, 0.2) is 47.2 Å². The van der Waals surface area contributed by atoms with E-state index in [2.05, 4.69) is 36.6 Å². The second-order valence-electron chi connectivity index (χ2n) is 7.60. The molecular weight excluding hydrogens is 493 g/mol. The van der Waals surface area contributed by atoms with Crippen molar-refractivity contribution >= 4 is 39.1 Å². The summed E-state index contributed by atoms with van der Waals surface area (Å²) in [5.74, 6) is 0.104. The highest BCUT2D eigenvalue weighted by Crippen LogP contribution is 2.35. The number of carbonyl (C=O) groups is 1. The van der Waals surface area contributed by atoms with Crippen molar-refractivity contribution in [1.29, 1.82) is 0 Å². The van der Waals surface area contributed by atoms with Crippen LogP contribution < -0.4 is 21.1 Å². The van der Waals surface area contributed by atoms with Crippen molar-refractivity contribution in [1.82, 2.24) is 24.9 Å². The van der Waals surface area contributed by atoms with E-state index < -0.39 is 11.9 Å². The predicted octanol–water partition coefficient (Wildman–Crippen LogP) is 3.40. The number of nitrogen functional groups attached to an aromatic ring is 1. The van der Waals surface area contributed by atoms with Crippen molar-refractivity contribution in [3.05, 3.63) is 64.1 Å². The third kappa shape index (κ3) is 3.84. The van der Waals surface area contributed by atoms with Crippen molar-refractivity contribution in [3.8, 4) is 17.0 Å². The van der Waals surface area contributed by atoms with Crippen LogP contribution in [-0.4, -0.2) is 38.1 Å². The van der Waals surface area contributed by atoms with Crippen molar-refractivity contribution in [2.45, 2.75) is 19.6 Å². The lowest BCUT2D eigenvalue weighted by molar-refractivity contribution is 0.0931. The van der Waals surface area contributed by atoms with Gasteiger partial charge >= 0.3 is 0 Å². The van der Waals surface area contributed by atoms with Gasteiger partial charge in [0.05, 0.1) is 18.3 Å². The number of ether oxygens (including phenoxy) is 1. The molecule has 4 heterocycles. The Morgan fingerprint density at radius 3 is 2.82 bits per heavy atom. The molecule has 1 atom stereocenters. The Labute approximate surface area is 196 Å². The Hall–Kier alpha value is -3.73. The minimum Gasteiger partial charge on any atom is -0.473 e. The average molecular weight is 512 g/mol. The zero-order chi connectivity index (χ0) is 23.1.